The SMILES string of the molecule is COCCn1c(C(C)NC(=O)c2ccc(C)cc2)nc2ccccc21. The molecule has 0 radical (unpaired) electrons. The maximum atomic E-state index is 12.5. The van der Waals surface area contributed by atoms with Gasteiger partial charge in [-0.05, 0) is 38.1 Å². The van der Waals surface area contributed by atoms with Crippen LogP contribution in [0.2, 0.25) is 0 Å². The van der Waals surface area contributed by atoms with E-state index in [1.54, 1.807) is 7.11 Å². The summed E-state index contributed by atoms with van der Waals surface area (Å²) in [6.07, 6.45) is 0. The number of aryl methyl sites for hydroxylation is 1. The van der Waals surface area contributed by atoms with E-state index >= 15 is 0 Å². The Balaban J connectivity index is 1.86. The maximum Gasteiger partial charge on any atom is 0.251 e. The zero-order chi connectivity index (χ0) is 17.8. The number of aromatic nitrogens is 2. The molecule has 0 saturated carbocycles. The Labute approximate surface area is 147 Å². The van der Waals surface area contributed by atoms with Crippen molar-refractivity contribution < 1.29 is 9.53 Å². The first-order chi connectivity index (χ1) is 12.1. The lowest BCUT2D eigenvalue weighted by atomic mass is 10.1. The number of carbonyl (C=O) groups excluding carboxylic acids is 1. The van der Waals surface area contributed by atoms with E-state index in [0.717, 1.165) is 22.4 Å². The lowest BCUT2D eigenvalue weighted by molar-refractivity contribution is 0.0937. The third-order valence-corrected chi connectivity index (χ3v) is 4.25. The number of hydrogen-bond donors (Lipinski definition) is 1. The lowest BCUT2D eigenvalue weighted by Gasteiger charge is -2.16. The molecule has 1 atom stereocenters. The Morgan fingerprint density at radius 1 is 1.20 bits per heavy atom. The fraction of sp³-hybridized carbons (Fsp3) is 0.300. The number of nitrogens with zero attached hydrogens (tertiary/aromatic N) is 2. The van der Waals surface area contributed by atoms with Crippen LogP contribution >= 0.6 is 0 Å². The maximum absolute atomic E-state index is 12.5. The van der Waals surface area contributed by atoms with Crippen molar-refractivity contribution in [3.63, 3.8) is 0 Å². The van der Waals surface area contributed by atoms with Crippen molar-refractivity contribution in [1.29, 1.82) is 0 Å². The average Bonchev–Trinajstić information content (AvgIpc) is 2.99. The predicted octanol–water partition coefficient (Wildman–Crippen LogP) is 3.48. The van der Waals surface area contributed by atoms with Gasteiger partial charge >= 0.3 is 0 Å². The topological polar surface area (TPSA) is 56.1 Å². The highest BCUT2D eigenvalue weighted by Gasteiger charge is 2.18. The molecule has 0 aliphatic heterocycles. The largest absolute Gasteiger partial charge is 0.383 e. The molecule has 1 heterocycles. The molecular weight excluding hydrogens is 314 g/mol. The Morgan fingerprint density at radius 3 is 2.64 bits per heavy atom. The summed E-state index contributed by atoms with van der Waals surface area (Å²) in [4.78, 5) is 17.2. The van der Waals surface area contributed by atoms with Gasteiger partial charge in [0.15, 0.2) is 0 Å². The first kappa shape index (κ1) is 17.2. The molecule has 0 aliphatic rings. The van der Waals surface area contributed by atoms with Gasteiger partial charge in [-0.2, -0.15) is 0 Å². The van der Waals surface area contributed by atoms with Crippen LogP contribution in [0.5, 0.6) is 0 Å². The Hall–Kier alpha value is -2.66. The van der Waals surface area contributed by atoms with Gasteiger partial charge in [-0.25, -0.2) is 4.98 Å². The molecule has 1 N–H and O–H groups in total. The molecule has 25 heavy (non-hydrogen) atoms. The minimum Gasteiger partial charge on any atom is -0.383 e. The lowest BCUT2D eigenvalue weighted by Crippen LogP contribution is -2.29. The Kier molecular flexibility index (Phi) is 5.14. The van der Waals surface area contributed by atoms with Crippen LogP contribution in [-0.4, -0.2) is 29.2 Å². The van der Waals surface area contributed by atoms with Gasteiger partial charge < -0.3 is 14.6 Å². The number of nitrogens with one attached hydrogen (secondary N) is 1. The molecule has 0 spiro atoms. The second-order valence-electron chi connectivity index (χ2n) is 6.16. The number of methoxy groups -OCH3 is 1. The van der Waals surface area contributed by atoms with E-state index in [0.29, 0.717) is 18.7 Å². The highest BCUT2D eigenvalue weighted by molar-refractivity contribution is 5.94. The minimum absolute atomic E-state index is 0.0992. The van der Waals surface area contributed by atoms with E-state index < -0.39 is 0 Å². The number of ether oxygens (including phenoxy) is 1. The van der Waals surface area contributed by atoms with Crippen LogP contribution in [0.3, 0.4) is 0 Å². The fourth-order valence-electron chi connectivity index (χ4n) is 2.89. The summed E-state index contributed by atoms with van der Waals surface area (Å²) in [6.45, 7) is 5.24. The summed E-state index contributed by atoms with van der Waals surface area (Å²) in [5.74, 6) is 0.733. The normalized spacial score (nSPS) is 12.3. The van der Waals surface area contributed by atoms with E-state index in [1.807, 2.05) is 62.4 Å². The van der Waals surface area contributed by atoms with Crippen molar-refractivity contribution in [2.75, 3.05) is 13.7 Å². The summed E-state index contributed by atoms with van der Waals surface area (Å²) >= 11 is 0. The van der Waals surface area contributed by atoms with Gasteiger partial charge in [-0.15, -0.1) is 0 Å². The van der Waals surface area contributed by atoms with E-state index in [9.17, 15) is 4.79 Å². The fourth-order valence-corrected chi connectivity index (χ4v) is 2.89. The van der Waals surface area contributed by atoms with Crippen LogP contribution in [-0.2, 0) is 11.3 Å². The molecule has 1 aromatic heterocycles. The first-order valence-corrected chi connectivity index (χ1v) is 8.42. The summed E-state index contributed by atoms with van der Waals surface area (Å²) < 4.78 is 7.33. The number of amides is 1. The number of para-hydroxylation sites is 2. The Bertz CT molecular complexity index is 868. The first-order valence-electron chi connectivity index (χ1n) is 8.42. The summed E-state index contributed by atoms with van der Waals surface area (Å²) in [5.41, 5.74) is 3.75. The molecule has 0 bridgehead atoms. The van der Waals surface area contributed by atoms with Crippen molar-refractivity contribution in [3.05, 3.63) is 65.5 Å². The van der Waals surface area contributed by atoms with Crippen LogP contribution in [0, 0.1) is 6.92 Å². The summed E-state index contributed by atoms with van der Waals surface area (Å²) in [6, 6.07) is 15.3. The van der Waals surface area contributed by atoms with Gasteiger partial charge in [0.25, 0.3) is 5.91 Å². The molecule has 0 fully saturated rings. The van der Waals surface area contributed by atoms with Crippen LogP contribution in [0.4, 0.5) is 0 Å². The van der Waals surface area contributed by atoms with Gasteiger partial charge in [-0.1, -0.05) is 29.8 Å². The molecule has 5 heteroatoms. The van der Waals surface area contributed by atoms with E-state index in [1.165, 1.54) is 0 Å². The number of fused-ring (bicyclic) bond motifs is 1. The van der Waals surface area contributed by atoms with E-state index in [4.69, 9.17) is 9.72 Å². The molecule has 1 amide bonds. The van der Waals surface area contributed by atoms with Crippen LogP contribution in [0.15, 0.2) is 48.5 Å². The number of hydrogen-bond acceptors (Lipinski definition) is 3. The monoisotopic (exact) mass is 337 g/mol. The molecule has 0 aliphatic carbocycles. The van der Waals surface area contributed by atoms with Crippen LogP contribution < -0.4 is 5.32 Å². The standard InChI is InChI=1S/C20H23N3O2/c1-14-8-10-16(11-9-14)20(24)21-15(2)19-22-17-6-4-5-7-18(17)23(19)12-13-25-3/h4-11,15H,12-13H2,1-3H3,(H,21,24). The molecular formula is C20H23N3O2. The zero-order valence-electron chi connectivity index (χ0n) is 14.8. The second-order valence-corrected chi connectivity index (χ2v) is 6.16. The highest BCUT2D eigenvalue weighted by atomic mass is 16.5. The molecule has 2 aromatic carbocycles. The van der Waals surface area contributed by atoms with Crippen molar-refractivity contribution in [3.8, 4) is 0 Å². The van der Waals surface area contributed by atoms with E-state index in [-0.39, 0.29) is 11.9 Å². The molecule has 0 saturated heterocycles. The summed E-state index contributed by atoms with van der Waals surface area (Å²) in [5, 5.41) is 3.05. The zero-order valence-corrected chi connectivity index (χ0v) is 14.8. The number of rotatable bonds is 6. The van der Waals surface area contributed by atoms with Crippen molar-refractivity contribution in [2.24, 2.45) is 0 Å². The predicted molar refractivity (Wildman–Crippen MR) is 98.7 cm³/mol. The number of carbonyl (C=O) groups is 1. The number of benzene rings is 2. The highest BCUT2D eigenvalue weighted by Crippen LogP contribution is 2.21. The third kappa shape index (κ3) is 3.72. The van der Waals surface area contributed by atoms with Crippen molar-refractivity contribution in [2.45, 2.75) is 26.4 Å². The van der Waals surface area contributed by atoms with Crippen molar-refractivity contribution >= 4 is 16.9 Å². The van der Waals surface area contributed by atoms with Gasteiger partial charge in [0, 0.05) is 19.2 Å². The van der Waals surface area contributed by atoms with Crippen LogP contribution in [0.1, 0.15) is 34.7 Å². The van der Waals surface area contributed by atoms with Crippen molar-refractivity contribution in [1.82, 2.24) is 14.9 Å². The molecule has 1 unspecified atom stereocenters. The third-order valence-electron chi connectivity index (χ3n) is 4.25. The molecule has 3 rings (SSSR count). The summed E-state index contributed by atoms with van der Waals surface area (Å²) in [7, 11) is 1.68. The van der Waals surface area contributed by atoms with Gasteiger partial charge in [-0.3, -0.25) is 4.79 Å². The van der Waals surface area contributed by atoms with E-state index in [2.05, 4.69) is 9.88 Å². The van der Waals surface area contributed by atoms with Crippen LogP contribution in [0.25, 0.3) is 11.0 Å². The molecule has 5 nitrogen and oxygen atoms in total. The Morgan fingerprint density at radius 2 is 1.92 bits per heavy atom. The molecule has 3 aromatic rings. The van der Waals surface area contributed by atoms with Gasteiger partial charge in [0.1, 0.15) is 5.82 Å². The average molecular weight is 337 g/mol. The minimum atomic E-state index is -0.210. The quantitative estimate of drug-likeness (QED) is 0.749. The molecule has 130 valence electrons. The van der Waals surface area contributed by atoms with Gasteiger partial charge in [0.2, 0.25) is 0 Å². The van der Waals surface area contributed by atoms with Gasteiger partial charge in [0.05, 0.1) is 23.7 Å². The number of imidazole rings is 1. The smallest absolute Gasteiger partial charge is 0.251 e. The second kappa shape index (κ2) is 7.49.